The number of hydrogen-bond acceptors (Lipinski definition) is 4. The number of nitrogens with two attached hydrogens (primary N) is 1. The Morgan fingerprint density at radius 2 is 2.25 bits per heavy atom. The molecule has 1 rings (SSSR count). The second kappa shape index (κ2) is 5.50. The molecule has 1 aliphatic heterocycles. The molecule has 16 heavy (non-hydrogen) atoms. The Hall–Kier alpha value is -0.810. The third kappa shape index (κ3) is 4.37. The van der Waals surface area contributed by atoms with Crippen molar-refractivity contribution in [3.63, 3.8) is 0 Å². The minimum atomic E-state index is -0.417. The maximum atomic E-state index is 11.7. The Balaban J connectivity index is 2.32. The van der Waals surface area contributed by atoms with Crippen molar-refractivity contribution in [3.05, 3.63) is 0 Å². The van der Waals surface area contributed by atoms with Crippen LogP contribution < -0.4 is 11.1 Å². The van der Waals surface area contributed by atoms with Crippen molar-refractivity contribution in [2.24, 2.45) is 5.73 Å². The molecule has 0 spiro atoms. The molecule has 1 atom stereocenters. The van der Waals surface area contributed by atoms with Crippen LogP contribution in [0.1, 0.15) is 27.2 Å². The summed E-state index contributed by atoms with van der Waals surface area (Å²) in [7, 11) is 0. The number of hydrogen-bond donors (Lipinski definition) is 2. The third-order valence-electron chi connectivity index (χ3n) is 2.42. The standard InChI is InChI=1S/C11H23N3O2/c1-11(2,3)16-10(15)14-7-4-9(8-14)13-6-5-12/h9,13H,4-8,12H2,1-3H3. The summed E-state index contributed by atoms with van der Waals surface area (Å²) in [6.45, 7) is 8.54. The number of ether oxygens (including phenoxy) is 1. The summed E-state index contributed by atoms with van der Waals surface area (Å²) in [6.07, 6.45) is 0.753. The molecule has 0 aromatic carbocycles. The van der Waals surface area contributed by atoms with Gasteiger partial charge in [-0.15, -0.1) is 0 Å². The van der Waals surface area contributed by atoms with E-state index in [0.717, 1.165) is 26.1 Å². The highest BCUT2D eigenvalue weighted by atomic mass is 16.6. The van der Waals surface area contributed by atoms with Gasteiger partial charge in [-0.1, -0.05) is 0 Å². The van der Waals surface area contributed by atoms with Crippen molar-refractivity contribution in [2.45, 2.75) is 38.8 Å². The zero-order valence-electron chi connectivity index (χ0n) is 10.5. The molecule has 1 unspecified atom stereocenters. The summed E-state index contributed by atoms with van der Waals surface area (Å²) in [5, 5.41) is 3.30. The van der Waals surface area contributed by atoms with Crippen LogP contribution in [-0.2, 0) is 4.74 Å². The van der Waals surface area contributed by atoms with Crippen molar-refractivity contribution >= 4 is 6.09 Å². The number of nitrogens with one attached hydrogen (secondary N) is 1. The Labute approximate surface area is 97.3 Å². The first-order valence-corrected chi connectivity index (χ1v) is 5.84. The molecule has 5 nitrogen and oxygen atoms in total. The van der Waals surface area contributed by atoms with Gasteiger partial charge >= 0.3 is 6.09 Å². The van der Waals surface area contributed by atoms with Gasteiger partial charge in [-0.2, -0.15) is 0 Å². The third-order valence-corrected chi connectivity index (χ3v) is 2.42. The Bertz CT molecular complexity index is 238. The summed E-state index contributed by atoms with van der Waals surface area (Å²) in [5.41, 5.74) is 5.00. The SMILES string of the molecule is CC(C)(C)OC(=O)N1CCC(NCCN)C1. The van der Waals surface area contributed by atoms with Gasteiger partial charge in [0.25, 0.3) is 0 Å². The molecule has 1 saturated heterocycles. The molecule has 1 fully saturated rings. The predicted molar refractivity (Wildman–Crippen MR) is 63.3 cm³/mol. The molecule has 94 valence electrons. The van der Waals surface area contributed by atoms with Crippen molar-refractivity contribution in [1.29, 1.82) is 0 Å². The fourth-order valence-corrected chi connectivity index (χ4v) is 1.71. The van der Waals surface area contributed by atoms with E-state index in [2.05, 4.69) is 5.32 Å². The summed E-state index contributed by atoms with van der Waals surface area (Å²) >= 11 is 0. The van der Waals surface area contributed by atoms with E-state index in [4.69, 9.17) is 10.5 Å². The van der Waals surface area contributed by atoms with Crippen LogP contribution in [0.2, 0.25) is 0 Å². The molecule has 1 heterocycles. The monoisotopic (exact) mass is 229 g/mol. The van der Waals surface area contributed by atoms with E-state index < -0.39 is 5.60 Å². The molecule has 5 heteroatoms. The maximum Gasteiger partial charge on any atom is 0.410 e. The molecule has 1 aliphatic rings. The average molecular weight is 229 g/mol. The molecular formula is C11H23N3O2. The fourth-order valence-electron chi connectivity index (χ4n) is 1.71. The molecule has 0 aromatic heterocycles. The molecular weight excluding hydrogens is 206 g/mol. The van der Waals surface area contributed by atoms with Gasteiger partial charge in [0.2, 0.25) is 0 Å². The Morgan fingerprint density at radius 1 is 1.56 bits per heavy atom. The van der Waals surface area contributed by atoms with E-state index in [0.29, 0.717) is 12.6 Å². The minimum absolute atomic E-state index is 0.218. The molecule has 0 radical (unpaired) electrons. The lowest BCUT2D eigenvalue weighted by Gasteiger charge is -2.24. The Kier molecular flexibility index (Phi) is 4.56. The lowest BCUT2D eigenvalue weighted by atomic mass is 10.2. The van der Waals surface area contributed by atoms with Crippen molar-refractivity contribution in [1.82, 2.24) is 10.2 Å². The van der Waals surface area contributed by atoms with Gasteiger partial charge in [0.05, 0.1) is 0 Å². The lowest BCUT2D eigenvalue weighted by Crippen LogP contribution is -2.39. The van der Waals surface area contributed by atoms with Crippen molar-refractivity contribution in [3.8, 4) is 0 Å². The summed E-state index contributed by atoms with van der Waals surface area (Å²) in [4.78, 5) is 13.5. The number of amides is 1. The van der Waals surface area contributed by atoms with Crippen LogP contribution in [0.3, 0.4) is 0 Å². The zero-order valence-corrected chi connectivity index (χ0v) is 10.5. The summed E-state index contributed by atoms with van der Waals surface area (Å²) < 4.78 is 5.31. The molecule has 0 bridgehead atoms. The topological polar surface area (TPSA) is 67.6 Å². The molecule has 0 aromatic rings. The number of carbonyl (C=O) groups excluding carboxylic acids is 1. The van der Waals surface area contributed by atoms with Crippen molar-refractivity contribution < 1.29 is 9.53 Å². The largest absolute Gasteiger partial charge is 0.444 e. The summed E-state index contributed by atoms with van der Waals surface area (Å²) in [6, 6.07) is 0.357. The zero-order chi connectivity index (χ0) is 12.2. The van der Waals surface area contributed by atoms with Gasteiger partial charge in [-0.3, -0.25) is 0 Å². The van der Waals surface area contributed by atoms with Gasteiger partial charge in [0.1, 0.15) is 5.60 Å². The van der Waals surface area contributed by atoms with Crippen LogP contribution in [0.5, 0.6) is 0 Å². The van der Waals surface area contributed by atoms with E-state index >= 15 is 0 Å². The molecule has 0 aliphatic carbocycles. The van der Waals surface area contributed by atoms with Gasteiger partial charge < -0.3 is 20.7 Å². The van der Waals surface area contributed by atoms with Crippen LogP contribution in [0.25, 0.3) is 0 Å². The molecule has 1 amide bonds. The van der Waals surface area contributed by atoms with Crippen LogP contribution >= 0.6 is 0 Å². The van der Waals surface area contributed by atoms with E-state index in [1.807, 2.05) is 20.8 Å². The first-order valence-electron chi connectivity index (χ1n) is 5.84. The first-order chi connectivity index (χ1) is 7.42. The minimum Gasteiger partial charge on any atom is -0.444 e. The normalized spacial score (nSPS) is 21.2. The number of carbonyl (C=O) groups is 1. The Morgan fingerprint density at radius 3 is 2.81 bits per heavy atom. The number of nitrogens with zero attached hydrogens (tertiary/aromatic N) is 1. The fraction of sp³-hybridized carbons (Fsp3) is 0.909. The lowest BCUT2D eigenvalue weighted by molar-refractivity contribution is 0.0291. The highest BCUT2D eigenvalue weighted by Gasteiger charge is 2.29. The molecule has 3 N–H and O–H groups in total. The van der Waals surface area contributed by atoms with Gasteiger partial charge in [0, 0.05) is 32.2 Å². The average Bonchev–Trinajstić information content (AvgIpc) is 2.60. The van der Waals surface area contributed by atoms with Gasteiger partial charge in [0.15, 0.2) is 0 Å². The summed E-state index contributed by atoms with van der Waals surface area (Å²) in [5.74, 6) is 0. The van der Waals surface area contributed by atoms with Gasteiger partial charge in [-0.05, 0) is 27.2 Å². The van der Waals surface area contributed by atoms with Crippen LogP contribution in [0.15, 0.2) is 0 Å². The van der Waals surface area contributed by atoms with Crippen molar-refractivity contribution in [2.75, 3.05) is 26.2 Å². The van der Waals surface area contributed by atoms with Crippen LogP contribution in [0.4, 0.5) is 4.79 Å². The number of likely N-dealkylation sites (tertiary alicyclic amines) is 1. The second-order valence-corrected chi connectivity index (χ2v) is 5.15. The van der Waals surface area contributed by atoms with E-state index in [9.17, 15) is 4.79 Å². The van der Waals surface area contributed by atoms with E-state index in [1.165, 1.54) is 0 Å². The highest BCUT2D eigenvalue weighted by Crippen LogP contribution is 2.14. The molecule has 0 saturated carbocycles. The van der Waals surface area contributed by atoms with Crippen LogP contribution in [0, 0.1) is 0 Å². The number of rotatable bonds is 3. The maximum absolute atomic E-state index is 11.7. The first kappa shape index (κ1) is 13.3. The van der Waals surface area contributed by atoms with E-state index in [-0.39, 0.29) is 6.09 Å². The smallest absolute Gasteiger partial charge is 0.410 e. The quantitative estimate of drug-likeness (QED) is 0.741. The van der Waals surface area contributed by atoms with Gasteiger partial charge in [-0.25, -0.2) is 4.79 Å². The second-order valence-electron chi connectivity index (χ2n) is 5.15. The highest BCUT2D eigenvalue weighted by molar-refractivity contribution is 5.68. The van der Waals surface area contributed by atoms with Crippen LogP contribution in [-0.4, -0.2) is 48.8 Å². The predicted octanol–water partition coefficient (Wildman–Crippen LogP) is 0.544. The van der Waals surface area contributed by atoms with E-state index in [1.54, 1.807) is 4.90 Å².